The lowest BCUT2D eigenvalue weighted by molar-refractivity contribution is -0.120. The molecule has 88 valence electrons. The molecule has 1 rings (SSSR count). The summed E-state index contributed by atoms with van der Waals surface area (Å²) in [6.45, 7) is 0.283. The Morgan fingerprint density at radius 3 is 2.88 bits per heavy atom. The number of amides is 1. The van der Waals surface area contributed by atoms with Gasteiger partial charge in [-0.2, -0.15) is 0 Å². The maximum absolute atomic E-state index is 11.1. The minimum absolute atomic E-state index is 0.102. The maximum atomic E-state index is 11.1. The number of phenolic OH excluding ortho intramolecular Hbond substituents is 1. The second kappa shape index (κ2) is 6.23. The van der Waals surface area contributed by atoms with Gasteiger partial charge in [-0.1, -0.05) is 0 Å². The molecule has 0 aliphatic rings. The van der Waals surface area contributed by atoms with Crippen LogP contribution in [0.15, 0.2) is 18.2 Å². The highest BCUT2D eigenvalue weighted by atomic mass is 35.5. The number of carbonyl (C=O) groups is 1. The number of carbonyl (C=O) groups excluding carboxylic acids is 1. The third-order valence-corrected chi connectivity index (χ3v) is 2.28. The molecule has 0 aliphatic heterocycles. The fraction of sp³-hybridized carbons (Fsp3) is 0.364. The first-order valence-corrected chi connectivity index (χ1v) is 5.39. The molecule has 5 heteroatoms. The standard InChI is InChI=1S/C11H14ClNO3/c1-16-9-3-2-8(10(14)6-9)7-13-11(15)4-5-12/h2-3,6,14H,4-5,7H2,1H3,(H,13,15). The van der Waals surface area contributed by atoms with Gasteiger partial charge in [0.2, 0.25) is 5.91 Å². The molecule has 0 fully saturated rings. The topological polar surface area (TPSA) is 58.6 Å². The molecule has 0 spiro atoms. The Hall–Kier alpha value is -1.42. The minimum Gasteiger partial charge on any atom is -0.507 e. The van der Waals surface area contributed by atoms with Crippen molar-refractivity contribution in [3.05, 3.63) is 23.8 Å². The zero-order valence-electron chi connectivity index (χ0n) is 9.00. The number of hydrogen-bond donors (Lipinski definition) is 2. The monoisotopic (exact) mass is 243 g/mol. The molecule has 0 radical (unpaired) electrons. The average Bonchev–Trinajstić information content (AvgIpc) is 2.27. The molecule has 0 aliphatic carbocycles. The third kappa shape index (κ3) is 3.62. The number of hydrogen-bond acceptors (Lipinski definition) is 3. The van der Waals surface area contributed by atoms with Crippen LogP contribution in [-0.4, -0.2) is 24.0 Å². The first kappa shape index (κ1) is 12.6. The lowest BCUT2D eigenvalue weighted by Crippen LogP contribution is -2.22. The molecule has 1 aromatic carbocycles. The fourth-order valence-corrected chi connectivity index (χ4v) is 1.36. The second-order valence-corrected chi connectivity index (χ2v) is 3.59. The van der Waals surface area contributed by atoms with Crippen molar-refractivity contribution < 1.29 is 14.6 Å². The largest absolute Gasteiger partial charge is 0.507 e. The van der Waals surface area contributed by atoms with E-state index in [9.17, 15) is 9.90 Å². The first-order chi connectivity index (χ1) is 7.67. The van der Waals surface area contributed by atoms with E-state index in [1.54, 1.807) is 12.1 Å². The van der Waals surface area contributed by atoms with E-state index >= 15 is 0 Å². The molecule has 2 N–H and O–H groups in total. The lowest BCUT2D eigenvalue weighted by atomic mass is 10.2. The number of ether oxygens (including phenoxy) is 1. The van der Waals surface area contributed by atoms with E-state index in [1.165, 1.54) is 13.2 Å². The average molecular weight is 244 g/mol. The summed E-state index contributed by atoms with van der Waals surface area (Å²) in [4.78, 5) is 11.1. The predicted octanol–water partition coefficient (Wildman–Crippen LogP) is 1.65. The van der Waals surface area contributed by atoms with Crippen molar-refractivity contribution in [1.29, 1.82) is 0 Å². The van der Waals surface area contributed by atoms with Gasteiger partial charge >= 0.3 is 0 Å². The van der Waals surface area contributed by atoms with E-state index in [0.717, 1.165) is 0 Å². The van der Waals surface area contributed by atoms with Gasteiger partial charge in [0.05, 0.1) is 7.11 Å². The number of aromatic hydroxyl groups is 1. The van der Waals surface area contributed by atoms with E-state index in [-0.39, 0.29) is 24.6 Å². The van der Waals surface area contributed by atoms with Crippen LogP contribution in [-0.2, 0) is 11.3 Å². The van der Waals surface area contributed by atoms with Crippen LogP contribution in [0.25, 0.3) is 0 Å². The number of rotatable bonds is 5. The lowest BCUT2D eigenvalue weighted by Gasteiger charge is -2.07. The number of methoxy groups -OCH3 is 1. The van der Waals surface area contributed by atoms with Gasteiger partial charge in [-0.3, -0.25) is 4.79 Å². The molecule has 0 atom stereocenters. The van der Waals surface area contributed by atoms with Gasteiger partial charge in [-0.15, -0.1) is 11.6 Å². The van der Waals surface area contributed by atoms with E-state index in [2.05, 4.69) is 5.32 Å². The maximum Gasteiger partial charge on any atom is 0.221 e. The summed E-state index contributed by atoms with van der Waals surface area (Å²) in [5.74, 6) is 0.838. The smallest absolute Gasteiger partial charge is 0.221 e. The number of phenols is 1. The molecule has 4 nitrogen and oxygen atoms in total. The van der Waals surface area contributed by atoms with E-state index in [1.807, 2.05) is 0 Å². The summed E-state index contributed by atoms with van der Waals surface area (Å²) >= 11 is 5.42. The van der Waals surface area contributed by atoms with Crippen molar-refractivity contribution in [3.63, 3.8) is 0 Å². The SMILES string of the molecule is COc1ccc(CNC(=O)CCCl)c(O)c1. The normalized spacial score (nSPS) is 9.88. The number of nitrogens with one attached hydrogen (secondary N) is 1. The summed E-state index contributed by atoms with van der Waals surface area (Å²) in [5.41, 5.74) is 0.642. The summed E-state index contributed by atoms with van der Waals surface area (Å²) in [6, 6.07) is 4.93. The molecular formula is C11H14ClNO3. The quantitative estimate of drug-likeness (QED) is 0.773. The van der Waals surface area contributed by atoms with Crippen LogP contribution in [0.1, 0.15) is 12.0 Å². The van der Waals surface area contributed by atoms with Crippen LogP contribution >= 0.6 is 11.6 Å². The van der Waals surface area contributed by atoms with Crippen LogP contribution in [0.5, 0.6) is 11.5 Å². The second-order valence-electron chi connectivity index (χ2n) is 3.21. The molecule has 0 saturated carbocycles. The van der Waals surface area contributed by atoms with Gasteiger partial charge in [-0.05, 0) is 12.1 Å². The van der Waals surface area contributed by atoms with Gasteiger partial charge in [0.1, 0.15) is 11.5 Å². The molecule has 0 heterocycles. The molecule has 0 aromatic heterocycles. The zero-order valence-corrected chi connectivity index (χ0v) is 9.75. The Balaban J connectivity index is 2.57. The molecule has 1 aromatic rings. The summed E-state index contributed by atoms with van der Waals surface area (Å²) in [7, 11) is 1.52. The Kier molecular flexibility index (Phi) is 4.92. The Morgan fingerprint density at radius 1 is 1.56 bits per heavy atom. The Morgan fingerprint density at radius 2 is 2.31 bits per heavy atom. The first-order valence-electron chi connectivity index (χ1n) is 4.86. The van der Waals surface area contributed by atoms with Crippen LogP contribution < -0.4 is 10.1 Å². The van der Waals surface area contributed by atoms with Gasteiger partial charge in [0.25, 0.3) is 0 Å². The third-order valence-electron chi connectivity index (χ3n) is 2.09. The van der Waals surface area contributed by atoms with Crippen molar-refractivity contribution in [2.24, 2.45) is 0 Å². The molecule has 0 saturated heterocycles. The Bertz CT molecular complexity index is 368. The molecule has 1 amide bonds. The highest BCUT2D eigenvalue weighted by Crippen LogP contribution is 2.22. The van der Waals surface area contributed by atoms with Crippen molar-refractivity contribution in [2.45, 2.75) is 13.0 Å². The van der Waals surface area contributed by atoms with Crippen LogP contribution in [0.4, 0.5) is 0 Å². The van der Waals surface area contributed by atoms with Gasteiger partial charge in [-0.25, -0.2) is 0 Å². The van der Waals surface area contributed by atoms with Gasteiger partial charge in [0.15, 0.2) is 0 Å². The number of halogens is 1. The summed E-state index contributed by atoms with van der Waals surface area (Å²) in [5, 5.41) is 12.3. The van der Waals surface area contributed by atoms with Crippen molar-refractivity contribution in [1.82, 2.24) is 5.32 Å². The van der Waals surface area contributed by atoms with Gasteiger partial charge < -0.3 is 15.2 Å². The number of benzene rings is 1. The summed E-state index contributed by atoms with van der Waals surface area (Å²) in [6.07, 6.45) is 0.276. The van der Waals surface area contributed by atoms with Crippen molar-refractivity contribution >= 4 is 17.5 Å². The highest BCUT2D eigenvalue weighted by molar-refractivity contribution is 6.18. The number of alkyl halides is 1. The van der Waals surface area contributed by atoms with Crippen molar-refractivity contribution in [2.75, 3.05) is 13.0 Å². The van der Waals surface area contributed by atoms with Crippen molar-refractivity contribution in [3.8, 4) is 11.5 Å². The van der Waals surface area contributed by atoms with Crippen LogP contribution in [0, 0.1) is 0 Å². The van der Waals surface area contributed by atoms with Crippen LogP contribution in [0.3, 0.4) is 0 Å². The van der Waals surface area contributed by atoms with E-state index in [0.29, 0.717) is 17.2 Å². The fourth-order valence-electron chi connectivity index (χ4n) is 1.19. The molecular weight excluding hydrogens is 230 g/mol. The highest BCUT2D eigenvalue weighted by Gasteiger charge is 2.05. The molecule has 0 bridgehead atoms. The van der Waals surface area contributed by atoms with Crippen LogP contribution in [0.2, 0.25) is 0 Å². The van der Waals surface area contributed by atoms with Gasteiger partial charge in [0, 0.05) is 30.5 Å². The summed E-state index contributed by atoms with van der Waals surface area (Å²) < 4.78 is 4.95. The molecule has 0 unspecified atom stereocenters. The zero-order chi connectivity index (χ0) is 12.0. The van der Waals surface area contributed by atoms with E-state index in [4.69, 9.17) is 16.3 Å². The van der Waals surface area contributed by atoms with E-state index < -0.39 is 0 Å². The minimum atomic E-state index is -0.134. The Labute approximate surface area is 99.2 Å². The molecule has 16 heavy (non-hydrogen) atoms. The predicted molar refractivity (Wildman–Crippen MR) is 61.8 cm³/mol.